The molecule has 26 heavy (non-hydrogen) atoms. The Hall–Kier alpha value is -1.56. The lowest BCUT2D eigenvalue weighted by Crippen LogP contribution is -2.03. The summed E-state index contributed by atoms with van der Waals surface area (Å²) in [6.45, 7) is 2.29. The Balaban J connectivity index is 1.67. The molecule has 0 nitrogen and oxygen atoms in total. The number of benzene rings is 2. The molecule has 0 fully saturated rings. The van der Waals surface area contributed by atoms with E-state index >= 15 is 0 Å². The predicted molar refractivity (Wildman–Crippen MR) is 116 cm³/mol. The molecule has 142 valence electrons. The highest BCUT2D eigenvalue weighted by Crippen LogP contribution is 2.27. The van der Waals surface area contributed by atoms with E-state index in [2.05, 4.69) is 67.6 Å². The first-order valence-electron chi connectivity index (χ1n) is 11.0. The van der Waals surface area contributed by atoms with E-state index in [4.69, 9.17) is 0 Å². The Morgan fingerprint density at radius 2 is 1.08 bits per heavy atom. The van der Waals surface area contributed by atoms with Crippen LogP contribution in [0.4, 0.5) is 0 Å². The molecule has 0 spiro atoms. The van der Waals surface area contributed by atoms with E-state index in [0.717, 1.165) is 0 Å². The van der Waals surface area contributed by atoms with Crippen molar-refractivity contribution in [2.75, 3.05) is 0 Å². The van der Waals surface area contributed by atoms with Crippen molar-refractivity contribution in [3.63, 3.8) is 0 Å². The Bertz CT molecular complexity index is 543. The molecule has 1 unspecified atom stereocenters. The van der Waals surface area contributed by atoms with Gasteiger partial charge in [-0.1, -0.05) is 132 Å². The van der Waals surface area contributed by atoms with Gasteiger partial charge in [-0.15, -0.1) is 0 Å². The zero-order valence-electron chi connectivity index (χ0n) is 16.8. The number of unbranched alkanes of at least 4 members (excludes halogenated alkanes) is 9. The molecule has 0 saturated heterocycles. The van der Waals surface area contributed by atoms with Crippen LogP contribution in [0.2, 0.25) is 0 Å². The highest BCUT2D eigenvalue weighted by molar-refractivity contribution is 5.24. The summed E-state index contributed by atoms with van der Waals surface area (Å²) in [5.74, 6) is 0.660. The molecule has 0 saturated carbocycles. The van der Waals surface area contributed by atoms with Crippen LogP contribution in [-0.4, -0.2) is 0 Å². The SMILES string of the molecule is CCCCCCCCCCCCC(Cc1ccccc1)c1ccccc1. The smallest absolute Gasteiger partial charge is 0.0121 e. The molecular weight excluding hydrogens is 312 g/mol. The van der Waals surface area contributed by atoms with Crippen molar-refractivity contribution in [2.24, 2.45) is 0 Å². The van der Waals surface area contributed by atoms with Gasteiger partial charge in [-0.25, -0.2) is 0 Å². The minimum absolute atomic E-state index is 0.660. The Labute approximate surface area is 162 Å². The molecule has 0 aliphatic carbocycles. The number of hydrogen-bond donors (Lipinski definition) is 0. The van der Waals surface area contributed by atoms with Gasteiger partial charge in [0, 0.05) is 0 Å². The lowest BCUT2D eigenvalue weighted by molar-refractivity contribution is 0.522. The first-order chi connectivity index (χ1) is 12.9. The topological polar surface area (TPSA) is 0 Å². The molecule has 0 bridgehead atoms. The van der Waals surface area contributed by atoms with Crippen molar-refractivity contribution >= 4 is 0 Å². The van der Waals surface area contributed by atoms with E-state index in [1.807, 2.05) is 0 Å². The fourth-order valence-corrected chi connectivity index (χ4v) is 3.89. The van der Waals surface area contributed by atoms with E-state index in [1.165, 1.54) is 88.2 Å². The van der Waals surface area contributed by atoms with Crippen LogP contribution in [0.25, 0.3) is 0 Å². The summed E-state index contributed by atoms with van der Waals surface area (Å²) < 4.78 is 0. The highest BCUT2D eigenvalue weighted by Gasteiger charge is 2.11. The van der Waals surface area contributed by atoms with E-state index in [9.17, 15) is 0 Å². The Morgan fingerprint density at radius 1 is 0.577 bits per heavy atom. The quantitative estimate of drug-likeness (QED) is 0.300. The highest BCUT2D eigenvalue weighted by atomic mass is 14.2. The van der Waals surface area contributed by atoms with Crippen LogP contribution >= 0.6 is 0 Å². The summed E-state index contributed by atoms with van der Waals surface area (Å²) in [5, 5.41) is 0. The second-order valence-corrected chi connectivity index (χ2v) is 7.77. The summed E-state index contributed by atoms with van der Waals surface area (Å²) >= 11 is 0. The van der Waals surface area contributed by atoms with E-state index in [0.29, 0.717) is 5.92 Å². The summed E-state index contributed by atoms with van der Waals surface area (Å²) in [7, 11) is 0. The lowest BCUT2D eigenvalue weighted by Gasteiger charge is -2.18. The van der Waals surface area contributed by atoms with Crippen molar-refractivity contribution in [1.82, 2.24) is 0 Å². The molecule has 0 aromatic heterocycles. The molecule has 0 aliphatic heterocycles. The molecule has 2 rings (SSSR count). The van der Waals surface area contributed by atoms with Crippen molar-refractivity contribution in [1.29, 1.82) is 0 Å². The predicted octanol–water partition coefficient (Wildman–Crippen LogP) is 8.32. The van der Waals surface area contributed by atoms with Gasteiger partial charge in [0.15, 0.2) is 0 Å². The maximum atomic E-state index is 2.31. The first-order valence-corrected chi connectivity index (χ1v) is 11.0. The maximum absolute atomic E-state index is 2.31. The van der Waals surface area contributed by atoms with Gasteiger partial charge in [0.25, 0.3) is 0 Å². The third-order valence-electron chi connectivity index (χ3n) is 5.50. The average Bonchev–Trinajstić information content (AvgIpc) is 2.70. The monoisotopic (exact) mass is 350 g/mol. The minimum Gasteiger partial charge on any atom is -0.0654 e. The molecule has 2 aromatic rings. The minimum atomic E-state index is 0.660. The Morgan fingerprint density at radius 3 is 1.65 bits per heavy atom. The van der Waals surface area contributed by atoms with Gasteiger partial charge in [0.2, 0.25) is 0 Å². The van der Waals surface area contributed by atoms with Gasteiger partial charge in [-0.05, 0) is 29.9 Å². The van der Waals surface area contributed by atoms with Crippen LogP contribution in [0, 0.1) is 0 Å². The van der Waals surface area contributed by atoms with Gasteiger partial charge in [0.05, 0.1) is 0 Å². The molecular formula is C26H38. The zero-order chi connectivity index (χ0) is 18.3. The Kier molecular flexibility index (Phi) is 10.9. The van der Waals surface area contributed by atoms with Gasteiger partial charge >= 0.3 is 0 Å². The van der Waals surface area contributed by atoms with Crippen LogP contribution in [0.5, 0.6) is 0 Å². The largest absolute Gasteiger partial charge is 0.0654 e. The summed E-state index contributed by atoms with van der Waals surface area (Å²) in [6, 6.07) is 22.1. The van der Waals surface area contributed by atoms with Gasteiger partial charge in [-0.3, -0.25) is 0 Å². The van der Waals surface area contributed by atoms with E-state index in [-0.39, 0.29) is 0 Å². The van der Waals surface area contributed by atoms with Crippen LogP contribution < -0.4 is 0 Å². The summed E-state index contributed by atoms with van der Waals surface area (Å²) in [4.78, 5) is 0. The second-order valence-electron chi connectivity index (χ2n) is 7.77. The normalized spacial score (nSPS) is 12.2. The lowest BCUT2D eigenvalue weighted by atomic mass is 9.87. The summed E-state index contributed by atoms with van der Waals surface area (Å²) in [5.41, 5.74) is 2.97. The molecule has 0 heterocycles. The summed E-state index contributed by atoms with van der Waals surface area (Å²) in [6.07, 6.45) is 16.6. The third-order valence-corrected chi connectivity index (χ3v) is 5.50. The molecule has 0 amide bonds. The molecule has 0 heteroatoms. The molecule has 0 radical (unpaired) electrons. The standard InChI is InChI=1S/C26H38/c1-2-3-4-5-6-7-8-9-10-15-22-26(25-20-16-12-17-21-25)23-24-18-13-11-14-19-24/h11-14,16-21,26H,2-10,15,22-23H2,1H3. The molecule has 1 atom stereocenters. The van der Waals surface area contributed by atoms with Gasteiger partial charge in [0.1, 0.15) is 0 Å². The van der Waals surface area contributed by atoms with Crippen molar-refractivity contribution < 1.29 is 0 Å². The fourth-order valence-electron chi connectivity index (χ4n) is 3.89. The molecule has 0 aliphatic rings. The maximum Gasteiger partial charge on any atom is -0.0121 e. The third kappa shape index (κ3) is 8.70. The van der Waals surface area contributed by atoms with Crippen LogP contribution in [0.1, 0.15) is 94.6 Å². The number of rotatable bonds is 14. The second kappa shape index (κ2) is 13.6. The fraction of sp³-hybridized carbons (Fsp3) is 0.538. The number of hydrogen-bond acceptors (Lipinski definition) is 0. The molecule has 2 aromatic carbocycles. The van der Waals surface area contributed by atoms with E-state index < -0.39 is 0 Å². The molecule has 0 N–H and O–H groups in total. The first kappa shape index (κ1) is 20.7. The van der Waals surface area contributed by atoms with Crippen LogP contribution in [-0.2, 0) is 6.42 Å². The van der Waals surface area contributed by atoms with Crippen LogP contribution in [0.3, 0.4) is 0 Å². The van der Waals surface area contributed by atoms with Crippen molar-refractivity contribution in [3.8, 4) is 0 Å². The van der Waals surface area contributed by atoms with Crippen molar-refractivity contribution in [2.45, 2.75) is 89.9 Å². The van der Waals surface area contributed by atoms with Gasteiger partial charge < -0.3 is 0 Å². The average molecular weight is 351 g/mol. The van der Waals surface area contributed by atoms with Crippen molar-refractivity contribution in [3.05, 3.63) is 71.8 Å². The van der Waals surface area contributed by atoms with Gasteiger partial charge in [-0.2, -0.15) is 0 Å². The van der Waals surface area contributed by atoms with Crippen LogP contribution in [0.15, 0.2) is 60.7 Å². The van der Waals surface area contributed by atoms with E-state index in [1.54, 1.807) is 0 Å². The zero-order valence-corrected chi connectivity index (χ0v) is 16.8.